The van der Waals surface area contributed by atoms with Crippen LogP contribution >= 0.6 is 11.8 Å². The second-order valence-electron chi connectivity index (χ2n) is 5.22. The van der Waals surface area contributed by atoms with Gasteiger partial charge in [0.15, 0.2) is 9.84 Å². The third kappa shape index (κ3) is 4.20. The maximum atomic E-state index is 12.8. The molecule has 0 spiro atoms. The van der Waals surface area contributed by atoms with E-state index in [1.807, 2.05) is 0 Å². The summed E-state index contributed by atoms with van der Waals surface area (Å²) in [6, 6.07) is 5.73. The molecule has 0 bridgehead atoms. The number of hydrogen-bond acceptors (Lipinski definition) is 4. The normalized spacial score (nSPS) is 22.0. The maximum absolute atomic E-state index is 12.8. The molecule has 0 radical (unpaired) electrons. The van der Waals surface area contributed by atoms with Crippen molar-refractivity contribution in [2.24, 2.45) is 0 Å². The minimum Gasteiger partial charge on any atom is -0.341 e. The molecule has 1 aromatic rings. The van der Waals surface area contributed by atoms with Crippen LogP contribution in [0.2, 0.25) is 0 Å². The standard InChI is InChI=1S/C14H18FNO3S2/c1-10(20-13-5-3-11(15)4-6-13)14(17)16(2)12-7-8-21(18,19)9-12/h3-6,10,12H,7-9H2,1-2H3/t10-,12-/m1/s1. The topological polar surface area (TPSA) is 54.5 Å². The van der Waals surface area contributed by atoms with E-state index in [-0.39, 0.29) is 34.5 Å². The van der Waals surface area contributed by atoms with Gasteiger partial charge >= 0.3 is 0 Å². The summed E-state index contributed by atoms with van der Waals surface area (Å²) in [5.74, 6) is -0.226. The van der Waals surface area contributed by atoms with E-state index in [1.54, 1.807) is 26.1 Å². The fourth-order valence-corrected chi connectivity index (χ4v) is 5.06. The molecule has 1 aliphatic heterocycles. The molecule has 1 fully saturated rings. The summed E-state index contributed by atoms with van der Waals surface area (Å²) in [6.45, 7) is 1.77. The van der Waals surface area contributed by atoms with Gasteiger partial charge in [-0.15, -0.1) is 11.8 Å². The molecule has 1 aliphatic rings. The van der Waals surface area contributed by atoms with Gasteiger partial charge in [0.1, 0.15) is 5.82 Å². The zero-order chi connectivity index (χ0) is 15.6. The van der Waals surface area contributed by atoms with E-state index in [9.17, 15) is 17.6 Å². The van der Waals surface area contributed by atoms with Crippen molar-refractivity contribution in [2.75, 3.05) is 18.6 Å². The molecule has 1 aromatic carbocycles. The predicted molar refractivity (Wildman–Crippen MR) is 81.5 cm³/mol. The molecule has 0 N–H and O–H groups in total. The summed E-state index contributed by atoms with van der Waals surface area (Å²) in [5.41, 5.74) is 0. The van der Waals surface area contributed by atoms with Crippen molar-refractivity contribution in [3.63, 3.8) is 0 Å². The summed E-state index contributed by atoms with van der Waals surface area (Å²) in [7, 11) is -1.36. The summed E-state index contributed by atoms with van der Waals surface area (Å²) in [4.78, 5) is 14.7. The van der Waals surface area contributed by atoms with Crippen molar-refractivity contribution in [1.82, 2.24) is 4.90 Å². The molecule has 2 rings (SSSR count). The molecule has 0 saturated carbocycles. The van der Waals surface area contributed by atoms with Gasteiger partial charge in [-0.1, -0.05) is 0 Å². The lowest BCUT2D eigenvalue weighted by atomic mass is 10.2. The fraction of sp³-hybridized carbons (Fsp3) is 0.500. The third-order valence-electron chi connectivity index (χ3n) is 3.58. The first-order valence-corrected chi connectivity index (χ1v) is 9.38. The summed E-state index contributed by atoms with van der Waals surface area (Å²) >= 11 is 1.34. The molecule has 21 heavy (non-hydrogen) atoms. The Kier molecular flexibility index (Phi) is 4.93. The first kappa shape index (κ1) is 16.3. The van der Waals surface area contributed by atoms with Gasteiger partial charge in [0.2, 0.25) is 5.91 Å². The first-order chi connectivity index (χ1) is 9.78. The molecule has 0 unspecified atom stereocenters. The predicted octanol–water partition coefficient (Wildman–Crippen LogP) is 1.95. The molecule has 7 heteroatoms. The highest BCUT2D eigenvalue weighted by atomic mass is 32.2. The van der Waals surface area contributed by atoms with Gasteiger partial charge in [-0.25, -0.2) is 12.8 Å². The monoisotopic (exact) mass is 331 g/mol. The van der Waals surface area contributed by atoms with Crippen LogP contribution in [-0.4, -0.2) is 49.1 Å². The number of rotatable bonds is 4. The van der Waals surface area contributed by atoms with E-state index in [2.05, 4.69) is 0 Å². The zero-order valence-corrected chi connectivity index (χ0v) is 13.6. The molecule has 0 aliphatic carbocycles. The van der Waals surface area contributed by atoms with Gasteiger partial charge in [0.25, 0.3) is 0 Å². The minimum atomic E-state index is -3.01. The van der Waals surface area contributed by atoms with Crippen LogP contribution in [0.5, 0.6) is 0 Å². The van der Waals surface area contributed by atoms with Crippen LogP contribution in [0.25, 0.3) is 0 Å². The second-order valence-corrected chi connectivity index (χ2v) is 8.86. The molecule has 4 nitrogen and oxygen atoms in total. The van der Waals surface area contributed by atoms with Crippen LogP contribution in [0.1, 0.15) is 13.3 Å². The average Bonchev–Trinajstić information content (AvgIpc) is 2.80. The van der Waals surface area contributed by atoms with Crippen molar-refractivity contribution in [3.05, 3.63) is 30.1 Å². The van der Waals surface area contributed by atoms with Crippen LogP contribution in [0.15, 0.2) is 29.2 Å². The molecule has 1 heterocycles. The average molecular weight is 331 g/mol. The van der Waals surface area contributed by atoms with Gasteiger partial charge < -0.3 is 4.90 Å². The van der Waals surface area contributed by atoms with Gasteiger partial charge in [-0.3, -0.25) is 4.79 Å². The number of benzene rings is 1. The van der Waals surface area contributed by atoms with Crippen molar-refractivity contribution in [2.45, 2.75) is 29.5 Å². The number of thioether (sulfide) groups is 1. The van der Waals surface area contributed by atoms with E-state index in [0.717, 1.165) is 4.90 Å². The number of carbonyl (C=O) groups is 1. The van der Waals surface area contributed by atoms with Crippen LogP contribution in [-0.2, 0) is 14.6 Å². The van der Waals surface area contributed by atoms with E-state index in [4.69, 9.17) is 0 Å². The molecule has 0 aromatic heterocycles. The second kappa shape index (κ2) is 6.36. The number of carbonyl (C=O) groups excluding carboxylic acids is 1. The lowest BCUT2D eigenvalue weighted by Gasteiger charge is -2.26. The van der Waals surface area contributed by atoms with E-state index in [0.29, 0.717) is 6.42 Å². The Hall–Kier alpha value is -1.08. The highest BCUT2D eigenvalue weighted by Crippen LogP contribution is 2.26. The lowest BCUT2D eigenvalue weighted by molar-refractivity contribution is -0.130. The van der Waals surface area contributed by atoms with E-state index < -0.39 is 9.84 Å². The Morgan fingerprint density at radius 2 is 2.00 bits per heavy atom. The van der Waals surface area contributed by atoms with Gasteiger partial charge in [-0.05, 0) is 37.6 Å². The maximum Gasteiger partial charge on any atom is 0.235 e. The van der Waals surface area contributed by atoms with Gasteiger partial charge in [0.05, 0.1) is 16.8 Å². The number of nitrogens with zero attached hydrogens (tertiary/aromatic N) is 1. The largest absolute Gasteiger partial charge is 0.341 e. The Morgan fingerprint density at radius 1 is 1.38 bits per heavy atom. The Labute approximate surface area is 128 Å². The first-order valence-electron chi connectivity index (χ1n) is 6.68. The lowest BCUT2D eigenvalue weighted by Crippen LogP contribution is -2.41. The summed E-state index contributed by atoms with van der Waals surface area (Å²) in [6.07, 6.45) is 0.499. The Morgan fingerprint density at radius 3 is 2.52 bits per heavy atom. The highest BCUT2D eigenvalue weighted by Gasteiger charge is 2.34. The smallest absolute Gasteiger partial charge is 0.235 e. The van der Waals surface area contributed by atoms with Crippen LogP contribution in [0.3, 0.4) is 0 Å². The Balaban J connectivity index is 1.97. The van der Waals surface area contributed by atoms with Crippen LogP contribution < -0.4 is 0 Å². The minimum absolute atomic E-state index is 0.0448. The van der Waals surface area contributed by atoms with E-state index >= 15 is 0 Å². The van der Waals surface area contributed by atoms with Gasteiger partial charge in [-0.2, -0.15) is 0 Å². The van der Waals surface area contributed by atoms with Crippen molar-refractivity contribution < 1.29 is 17.6 Å². The number of hydrogen-bond donors (Lipinski definition) is 0. The summed E-state index contributed by atoms with van der Waals surface area (Å²) in [5, 5.41) is -0.344. The molecular formula is C14H18FNO3S2. The van der Waals surface area contributed by atoms with E-state index in [1.165, 1.54) is 28.8 Å². The zero-order valence-electron chi connectivity index (χ0n) is 12.0. The number of amides is 1. The van der Waals surface area contributed by atoms with Crippen LogP contribution in [0.4, 0.5) is 4.39 Å². The fourth-order valence-electron chi connectivity index (χ4n) is 2.32. The SMILES string of the molecule is C[C@@H](Sc1ccc(F)cc1)C(=O)N(C)[C@@H]1CCS(=O)(=O)C1. The molecule has 2 atom stereocenters. The number of sulfone groups is 1. The molecular weight excluding hydrogens is 313 g/mol. The quantitative estimate of drug-likeness (QED) is 0.792. The van der Waals surface area contributed by atoms with Crippen LogP contribution in [0, 0.1) is 5.82 Å². The highest BCUT2D eigenvalue weighted by molar-refractivity contribution is 8.00. The molecule has 116 valence electrons. The van der Waals surface area contributed by atoms with Crippen molar-refractivity contribution >= 4 is 27.5 Å². The van der Waals surface area contributed by atoms with Gasteiger partial charge in [0, 0.05) is 18.0 Å². The summed E-state index contributed by atoms with van der Waals surface area (Å²) < 4.78 is 35.8. The Bertz CT molecular complexity index is 616. The third-order valence-corrected chi connectivity index (χ3v) is 6.43. The van der Waals surface area contributed by atoms with Crippen molar-refractivity contribution in [1.29, 1.82) is 0 Å². The molecule has 1 saturated heterocycles. The molecule has 1 amide bonds. The van der Waals surface area contributed by atoms with Crippen molar-refractivity contribution in [3.8, 4) is 0 Å². The number of halogens is 1.